The Bertz CT molecular complexity index is 907. The lowest BCUT2D eigenvalue weighted by molar-refractivity contribution is -0.116. The summed E-state index contributed by atoms with van der Waals surface area (Å²) in [6.45, 7) is 0. The summed E-state index contributed by atoms with van der Waals surface area (Å²) in [5, 5.41) is 3.52. The summed E-state index contributed by atoms with van der Waals surface area (Å²) in [6, 6.07) is 15.3. The highest BCUT2D eigenvalue weighted by atomic mass is 35.5. The van der Waals surface area contributed by atoms with Crippen molar-refractivity contribution in [3.05, 3.63) is 65.6 Å². The zero-order chi connectivity index (χ0) is 19.2. The first-order chi connectivity index (χ1) is 13.0. The average molecular weight is 384 g/mol. The second-order valence-electron chi connectivity index (χ2n) is 6.44. The number of halogens is 1. The van der Waals surface area contributed by atoms with E-state index in [1.54, 1.807) is 18.3 Å². The van der Waals surface area contributed by atoms with Gasteiger partial charge in [-0.2, -0.15) is 0 Å². The summed E-state index contributed by atoms with van der Waals surface area (Å²) in [5.41, 5.74) is 2.61. The minimum atomic E-state index is -0.0600. The third kappa shape index (κ3) is 5.11. The van der Waals surface area contributed by atoms with Crippen LogP contribution in [0.5, 0.6) is 0 Å². The van der Waals surface area contributed by atoms with Crippen LogP contribution >= 0.6 is 11.6 Å². The van der Waals surface area contributed by atoms with Crippen molar-refractivity contribution < 1.29 is 9.21 Å². The number of hydrogen-bond acceptors (Lipinski definition) is 4. The molecule has 140 valence electrons. The Morgan fingerprint density at radius 2 is 1.96 bits per heavy atom. The van der Waals surface area contributed by atoms with Crippen molar-refractivity contribution in [2.24, 2.45) is 0 Å². The van der Waals surface area contributed by atoms with Crippen molar-refractivity contribution >= 4 is 28.9 Å². The zero-order valence-corrected chi connectivity index (χ0v) is 16.2. The van der Waals surface area contributed by atoms with E-state index in [2.05, 4.69) is 10.3 Å². The molecular formula is C21H22ClN3O2. The fourth-order valence-electron chi connectivity index (χ4n) is 2.77. The van der Waals surface area contributed by atoms with Crippen LogP contribution in [0.3, 0.4) is 0 Å². The van der Waals surface area contributed by atoms with Crippen LogP contribution in [0.25, 0.3) is 11.3 Å². The van der Waals surface area contributed by atoms with Gasteiger partial charge in [0, 0.05) is 37.5 Å². The maximum atomic E-state index is 12.3. The topological polar surface area (TPSA) is 58.4 Å². The minimum Gasteiger partial charge on any atom is -0.441 e. The van der Waals surface area contributed by atoms with Crippen molar-refractivity contribution in [3.8, 4) is 11.3 Å². The SMILES string of the molecule is CN(C)c1ccc(Cl)cc1NC(=O)CCCc1ncc(-c2ccccc2)o1. The molecule has 0 spiro atoms. The maximum Gasteiger partial charge on any atom is 0.224 e. The molecule has 1 aromatic heterocycles. The van der Waals surface area contributed by atoms with E-state index in [1.165, 1.54) is 0 Å². The van der Waals surface area contributed by atoms with Crippen LogP contribution in [-0.2, 0) is 11.2 Å². The number of aromatic nitrogens is 1. The largest absolute Gasteiger partial charge is 0.441 e. The summed E-state index contributed by atoms with van der Waals surface area (Å²) in [6.07, 6.45) is 3.36. The van der Waals surface area contributed by atoms with Gasteiger partial charge in [-0.05, 0) is 24.6 Å². The van der Waals surface area contributed by atoms with E-state index in [0.29, 0.717) is 35.9 Å². The van der Waals surface area contributed by atoms with E-state index in [1.807, 2.05) is 55.4 Å². The first-order valence-electron chi connectivity index (χ1n) is 8.80. The molecule has 0 fully saturated rings. The summed E-state index contributed by atoms with van der Waals surface area (Å²) in [5.74, 6) is 1.32. The number of anilines is 2. The number of benzene rings is 2. The predicted octanol–water partition coefficient (Wildman–Crippen LogP) is 5.02. The first-order valence-corrected chi connectivity index (χ1v) is 9.17. The fraction of sp³-hybridized carbons (Fsp3) is 0.238. The highest BCUT2D eigenvalue weighted by molar-refractivity contribution is 6.31. The van der Waals surface area contributed by atoms with Gasteiger partial charge in [0.05, 0.1) is 17.6 Å². The highest BCUT2D eigenvalue weighted by Crippen LogP contribution is 2.28. The molecule has 0 bridgehead atoms. The van der Waals surface area contributed by atoms with E-state index in [9.17, 15) is 4.79 Å². The third-order valence-corrected chi connectivity index (χ3v) is 4.36. The molecule has 0 saturated heterocycles. The molecular weight excluding hydrogens is 362 g/mol. The number of nitrogens with zero attached hydrogens (tertiary/aromatic N) is 2. The Labute approximate surface area is 164 Å². The number of hydrogen-bond donors (Lipinski definition) is 1. The second-order valence-corrected chi connectivity index (χ2v) is 6.88. The zero-order valence-electron chi connectivity index (χ0n) is 15.4. The molecule has 1 N–H and O–H groups in total. The number of amides is 1. The van der Waals surface area contributed by atoms with Crippen LogP contribution in [-0.4, -0.2) is 25.0 Å². The van der Waals surface area contributed by atoms with E-state index in [4.69, 9.17) is 16.0 Å². The van der Waals surface area contributed by atoms with Crippen molar-refractivity contribution in [3.63, 3.8) is 0 Å². The highest BCUT2D eigenvalue weighted by Gasteiger charge is 2.11. The van der Waals surface area contributed by atoms with E-state index in [-0.39, 0.29) is 5.91 Å². The second kappa shape index (κ2) is 8.73. The maximum absolute atomic E-state index is 12.3. The van der Waals surface area contributed by atoms with Crippen molar-refractivity contribution in [1.82, 2.24) is 4.98 Å². The smallest absolute Gasteiger partial charge is 0.224 e. The number of carbonyl (C=O) groups excluding carboxylic acids is 1. The summed E-state index contributed by atoms with van der Waals surface area (Å²) < 4.78 is 5.77. The van der Waals surface area contributed by atoms with Gasteiger partial charge in [0.1, 0.15) is 0 Å². The number of aryl methyl sites for hydroxylation is 1. The lowest BCUT2D eigenvalue weighted by Crippen LogP contribution is -2.16. The van der Waals surface area contributed by atoms with Gasteiger partial charge in [0.15, 0.2) is 11.7 Å². The number of oxazole rings is 1. The lowest BCUT2D eigenvalue weighted by atomic mass is 10.2. The molecule has 27 heavy (non-hydrogen) atoms. The molecule has 3 rings (SSSR count). The normalized spacial score (nSPS) is 10.6. The van der Waals surface area contributed by atoms with Crippen LogP contribution in [0.1, 0.15) is 18.7 Å². The number of carbonyl (C=O) groups is 1. The first kappa shape index (κ1) is 19.0. The van der Waals surface area contributed by atoms with Gasteiger partial charge in [0.25, 0.3) is 0 Å². The van der Waals surface area contributed by atoms with E-state index >= 15 is 0 Å². The molecule has 5 nitrogen and oxygen atoms in total. The van der Waals surface area contributed by atoms with Gasteiger partial charge < -0.3 is 14.6 Å². The molecule has 2 aromatic carbocycles. The van der Waals surface area contributed by atoms with Crippen LogP contribution in [0, 0.1) is 0 Å². The van der Waals surface area contributed by atoms with Gasteiger partial charge >= 0.3 is 0 Å². The molecule has 1 amide bonds. The Morgan fingerprint density at radius 3 is 2.70 bits per heavy atom. The molecule has 0 unspecified atom stereocenters. The van der Waals surface area contributed by atoms with Crippen LogP contribution in [0.2, 0.25) is 5.02 Å². The van der Waals surface area contributed by atoms with Crippen molar-refractivity contribution in [2.75, 3.05) is 24.3 Å². The van der Waals surface area contributed by atoms with Gasteiger partial charge in [-0.25, -0.2) is 4.98 Å². The number of rotatable bonds is 7. The summed E-state index contributed by atoms with van der Waals surface area (Å²) >= 11 is 6.05. The average Bonchev–Trinajstić information content (AvgIpc) is 3.11. The summed E-state index contributed by atoms with van der Waals surface area (Å²) in [7, 11) is 3.84. The monoisotopic (exact) mass is 383 g/mol. The quantitative estimate of drug-likeness (QED) is 0.622. The van der Waals surface area contributed by atoms with Gasteiger partial charge in [-0.15, -0.1) is 0 Å². The fourth-order valence-corrected chi connectivity index (χ4v) is 2.95. The minimum absolute atomic E-state index is 0.0600. The summed E-state index contributed by atoms with van der Waals surface area (Å²) in [4.78, 5) is 18.5. The van der Waals surface area contributed by atoms with Gasteiger partial charge in [-0.1, -0.05) is 41.9 Å². The van der Waals surface area contributed by atoms with Crippen molar-refractivity contribution in [1.29, 1.82) is 0 Å². The molecule has 6 heteroatoms. The standard InChI is InChI=1S/C21H22ClN3O2/c1-25(2)18-12-11-16(22)13-17(18)24-20(26)9-6-10-21-23-14-19(27-21)15-7-4-3-5-8-15/h3-5,7-8,11-14H,6,9-10H2,1-2H3,(H,24,26). The Balaban J connectivity index is 1.53. The molecule has 0 aliphatic rings. The molecule has 3 aromatic rings. The molecule has 1 heterocycles. The van der Waals surface area contributed by atoms with Gasteiger partial charge in [0.2, 0.25) is 5.91 Å². The molecule has 0 radical (unpaired) electrons. The molecule has 0 atom stereocenters. The van der Waals surface area contributed by atoms with E-state index < -0.39 is 0 Å². The van der Waals surface area contributed by atoms with Crippen LogP contribution < -0.4 is 10.2 Å². The molecule has 0 aliphatic carbocycles. The Morgan fingerprint density at radius 1 is 1.19 bits per heavy atom. The van der Waals surface area contributed by atoms with Crippen LogP contribution in [0.4, 0.5) is 11.4 Å². The van der Waals surface area contributed by atoms with E-state index in [0.717, 1.165) is 17.0 Å². The Kier molecular flexibility index (Phi) is 6.14. The van der Waals surface area contributed by atoms with Crippen molar-refractivity contribution in [2.45, 2.75) is 19.3 Å². The third-order valence-electron chi connectivity index (χ3n) is 4.12. The molecule has 0 aliphatic heterocycles. The van der Waals surface area contributed by atoms with Crippen LogP contribution in [0.15, 0.2) is 59.1 Å². The Hall–Kier alpha value is -2.79. The number of nitrogens with one attached hydrogen (secondary N) is 1. The lowest BCUT2D eigenvalue weighted by Gasteiger charge is -2.18. The van der Waals surface area contributed by atoms with Gasteiger partial charge in [-0.3, -0.25) is 4.79 Å². The molecule has 0 saturated carbocycles. The predicted molar refractivity (Wildman–Crippen MR) is 109 cm³/mol.